The van der Waals surface area contributed by atoms with Crippen LogP contribution in [0.3, 0.4) is 0 Å². The zero-order valence-electron chi connectivity index (χ0n) is 29.1. The van der Waals surface area contributed by atoms with Gasteiger partial charge < -0.3 is 35.5 Å². The molecule has 1 aliphatic rings. The van der Waals surface area contributed by atoms with Gasteiger partial charge in [0.05, 0.1) is 18.3 Å². The Balaban J connectivity index is 1.28. The summed E-state index contributed by atoms with van der Waals surface area (Å²) in [6, 6.07) is 18.4. The van der Waals surface area contributed by atoms with Crippen molar-refractivity contribution in [2.75, 3.05) is 30.3 Å². The average molecular weight is 699 g/mol. The SMILES string of the molecule is CCCN(CC(=O)Nc1ccc(-c2[nH]c3ccc(NC(=O)[C@@H]4CCCN4C(=O)[C@H](NC(=O)OC(C)C)c4ccccc4)cc3c2F)cc1)C(C)=O. The standard InChI is InChI=1S/C38H43FN6O6/c1-5-19-44(24(4)46)22-32(47)40-27-15-13-26(14-16-27)34-33(39)29-21-28(17-18-30(29)42-34)41-36(48)31-12-9-20-45(31)37(49)35(25-10-7-6-8-11-25)43-38(50)51-23(2)3/h6-8,10-11,13-18,21,23,31,35,42H,5,9,12,19-20,22H2,1-4H3,(H,40,47)(H,41,48)(H,43,50)/t31-,35+/m0/s1. The number of halogens is 1. The molecule has 3 aromatic carbocycles. The van der Waals surface area contributed by atoms with Crippen molar-refractivity contribution in [2.24, 2.45) is 0 Å². The second-order valence-electron chi connectivity index (χ2n) is 12.8. The number of rotatable bonds is 12. The van der Waals surface area contributed by atoms with E-state index in [-0.39, 0.29) is 35.5 Å². The predicted molar refractivity (Wildman–Crippen MR) is 192 cm³/mol. The van der Waals surface area contributed by atoms with Crippen molar-refractivity contribution in [1.82, 2.24) is 20.1 Å². The van der Waals surface area contributed by atoms with Gasteiger partial charge in [-0.25, -0.2) is 9.18 Å². The number of hydrogen-bond acceptors (Lipinski definition) is 6. The summed E-state index contributed by atoms with van der Waals surface area (Å²) in [5.74, 6) is -1.88. The first-order valence-electron chi connectivity index (χ1n) is 17.1. The van der Waals surface area contributed by atoms with Crippen molar-refractivity contribution in [3.05, 3.63) is 84.2 Å². The summed E-state index contributed by atoms with van der Waals surface area (Å²) in [5, 5.41) is 8.53. The van der Waals surface area contributed by atoms with Crippen molar-refractivity contribution in [1.29, 1.82) is 0 Å². The summed E-state index contributed by atoms with van der Waals surface area (Å²) in [5.41, 5.74) is 2.71. The number of hydrogen-bond donors (Lipinski definition) is 4. The Bertz CT molecular complexity index is 1890. The molecule has 4 aromatic rings. The van der Waals surface area contributed by atoms with Crippen molar-refractivity contribution in [3.63, 3.8) is 0 Å². The molecular formula is C38H43FN6O6. The highest BCUT2D eigenvalue weighted by atomic mass is 19.1. The van der Waals surface area contributed by atoms with Gasteiger partial charge in [-0.1, -0.05) is 49.4 Å². The minimum absolute atomic E-state index is 0.0597. The number of amides is 5. The van der Waals surface area contributed by atoms with Crippen molar-refractivity contribution >= 4 is 52.0 Å². The molecule has 5 rings (SSSR count). The van der Waals surface area contributed by atoms with E-state index in [1.807, 2.05) is 6.92 Å². The van der Waals surface area contributed by atoms with Crippen LogP contribution in [0.1, 0.15) is 58.6 Å². The Morgan fingerprint density at radius 3 is 2.35 bits per heavy atom. The summed E-state index contributed by atoms with van der Waals surface area (Å²) in [7, 11) is 0. The van der Waals surface area contributed by atoms with E-state index in [9.17, 15) is 24.0 Å². The highest BCUT2D eigenvalue weighted by Gasteiger charge is 2.38. The fraction of sp³-hybridized carbons (Fsp3) is 0.342. The van der Waals surface area contributed by atoms with Gasteiger partial charge in [-0.15, -0.1) is 0 Å². The lowest BCUT2D eigenvalue weighted by Gasteiger charge is -2.29. The summed E-state index contributed by atoms with van der Waals surface area (Å²) >= 11 is 0. The van der Waals surface area contributed by atoms with Crippen LogP contribution in [-0.4, -0.2) is 76.3 Å². The molecule has 12 nitrogen and oxygen atoms in total. The minimum atomic E-state index is -1.05. The van der Waals surface area contributed by atoms with Crippen LogP contribution in [0.25, 0.3) is 22.2 Å². The second kappa shape index (κ2) is 16.3. The van der Waals surface area contributed by atoms with Crippen molar-refractivity contribution < 1.29 is 33.1 Å². The molecule has 5 amide bonds. The Kier molecular flexibility index (Phi) is 11.7. The zero-order chi connectivity index (χ0) is 36.7. The number of nitrogens with zero attached hydrogens (tertiary/aromatic N) is 2. The number of fused-ring (bicyclic) bond motifs is 1. The number of benzene rings is 3. The van der Waals surface area contributed by atoms with Gasteiger partial charge in [-0.3, -0.25) is 19.2 Å². The van der Waals surface area contributed by atoms with E-state index in [0.717, 1.165) is 6.42 Å². The van der Waals surface area contributed by atoms with Crippen LogP contribution in [-0.2, 0) is 23.9 Å². The second-order valence-corrected chi connectivity index (χ2v) is 12.8. The average Bonchev–Trinajstić information content (AvgIpc) is 3.72. The molecular weight excluding hydrogens is 655 g/mol. The molecule has 268 valence electrons. The van der Waals surface area contributed by atoms with E-state index < -0.39 is 35.8 Å². The van der Waals surface area contributed by atoms with Gasteiger partial charge in [-0.05, 0) is 69.0 Å². The highest BCUT2D eigenvalue weighted by molar-refractivity contribution is 6.01. The number of alkyl carbamates (subject to hydrolysis) is 1. The number of nitrogens with one attached hydrogen (secondary N) is 4. The van der Waals surface area contributed by atoms with Gasteiger partial charge in [0.15, 0.2) is 5.82 Å². The number of carbonyl (C=O) groups is 5. The molecule has 13 heteroatoms. The number of likely N-dealkylation sites (tertiary alicyclic amines) is 1. The third-order valence-electron chi connectivity index (χ3n) is 8.56. The van der Waals surface area contributed by atoms with Crippen LogP contribution in [0.15, 0.2) is 72.8 Å². The first-order chi connectivity index (χ1) is 24.4. The molecule has 0 unspecified atom stereocenters. The van der Waals surface area contributed by atoms with Gasteiger partial charge in [-0.2, -0.15) is 0 Å². The Hall–Kier alpha value is -5.72. The summed E-state index contributed by atoms with van der Waals surface area (Å²) in [6.45, 7) is 7.52. The quantitative estimate of drug-likeness (QED) is 0.143. The first kappa shape index (κ1) is 36.6. The normalized spacial score (nSPS) is 14.6. The fourth-order valence-electron chi connectivity index (χ4n) is 6.14. The van der Waals surface area contributed by atoms with Crippen molar-refractivity contribution in [2.45, 2.75) is 65.1 Å². The van der Waals surface area contributed by atoms with Crippen molar-refractivity contribution in [3.8, 4) is 11.3 Å². The number of carbonyl (C=O) groups excluding carboxylic acids is 5. The lowest BCUT2D eigenvalue weighted by atomic mass is 10.0. The van der Waals surface area contributed by atoms with Crippen LogP contribution >= 0.6 is 0 Å². The Labute approximate surface area is 295 Å². The van der Waals surface area contributed by atoms with E-state index in [4.69, 9.17) is 4.74 Å². The Morgan fingerprint density at radius 1 is 0.980 bits per heavy atom. The predicted octanol–water partition coefficient (Wildman–Crippen LogP) is 5.98. The first-order valence-corrected chi connectivity index (χ1v) is 17.1. The van der Waals surface area contributed by atoms with E-state index >= 15 is 4.39 Å². The monoisotopic (exact) mass is 698 g/mol. The highest BCUT2D eigenvalue weighted by Crippen LogP contribution is 2.32. The summed E-state index contributed by atoms with van der Waals surface area (Å²) < 4.78 is 21.0. The zero-order valence-corrected chi connectivity index (χ0v) is 29.1. The fourth-order valence-corrected chi connectivity index (χ4v) is 6.14. The van der Waals surface area contributed by atoms with Crippen LogP contribution in [0.2, 0.25) is 0 Å². The number of H-pyrrole nitrogens is 1. The third-order valence-corrected chi connectivity index (χ3v) is 8.56. The van der Waals surface area contributed by atoms with Gasteiger partial charge in [0.1, 0.15) is 12.1 Å². The molecule has 1 aromatic heterocycles. The molecule has 1 saturated heterocycles. The maximum absolute atomic E-state index is 15.8. The molecule has 2 heterocycles. The van der Waals surface area contributed by atoms with E-state index in [1.165, 1.54) is 22.8 Å². The summed E-state index contributed by atoms with van der Waals surface area (Å²) in [4.78, 5) is 70.2. The molecule has 0 bridgehead atoms. The Morgan fingerprint density at radius 2 is 1.69 bits per heavy atom. The van der Waals surface area contributed by atoms with Crippen LogP contribution < -0.4 is 16.0 Å². The molecule has 2 atom stereocenters. The van der Waals surface area contributed by atoms with E-state index in [2.05, 4.69) is 20.9 Å². The van der Waals surface area contributed by atoms with Gasteiger partial charge in [0.25, 0.3) is 5.91 Å². The molecule has 0 radical (unpaired) electrons. The lowest BCUT2D eigenvalue weighted by molar-refractivity contribution is -0.138. The third kappa shape index (κ3) is 8.91. The molecule has 51 heavy (non-hydrogen) atoms. The maximum atomic E-state index is 15.8. The molecule has 0 saturated carbocycles. The van der Waals surface area contributed by atoms with Gasteiger partial charge in [0.2, 0.25) is 17.7 Å². The number of ether oxygens (including phenoxy) is 1. The van der Waals surface area contributed by atoms with Crippen LogP contribution in [0.4, 0.5) is 20.6 Å². The summed E-state index contributed by atoms with van der Waals surface area (Å²) in [6.07, 6.45) is 0.622. The van der Waals surface area contributed by atoms with Gasteiger partial charge >= 0.3 is 6.09 Å². The topological polar surface area (TPSA) is 153 Å². The minimum Gasteiger partial charge on any atom is -0.447 e. The maximum Gasteiger partial charge on any atom is 0.408 e. The number of aromatic nitrogens is 1. The molecule has 1 aliphatic heterocycles. The van der Waals surface area contributed by atoms with Crippen LogP contribution in [0, 0.1) is 5.82 Å². The molecule has 0 aliphatic carbocycles. The molecule has 1 fully saturated rings. The number of aromatic amines is 1. The largest absolute Gasteiger partial charge is 0.447 e. The van der Waals surface area contributed by atoms with Crippen LogP contribution in [0.5, 0.6) is 0 Å². The molecule has 4 N–H and O–H groups in total. The van der Waals surface area contributed by atoms with Gasteiger partial charge in [0, 0.05) is 47.9 Å². The van der Waals surface area contributed by atoms with E-state index in [1.54, 1.807) is 80.6 Å². The van der Waals surface area contributed by atoms with E-state index in [0.29, 0.717) is 53.9 Å². The smallest absolute Gasteiger partial charge is 0.408 e. The lowest BCUT2D eigenvalue weighted by Crippen LogP contribution is -2.48. The number of anilines is 2. The molecule has 0 spiro atoms.